The van der Waals surface area contributed by atoms with Crippen molar-refractivity contribution in [1.82, 2.24) is 9.55 Å². The van der Waals surface area contributed by atoms with Crippen LogP contribution in [0, 0.1) is 35.3 Å². The van der Waals surface area contributed by atoms with Gasteiger partial charge in [0.2, 0.25) is 5.91 Å². The Balaban J connectivity index is 1.13. The maximum absolute atomic E-state index is 13.7. The number of aromatic nitrogens is 2. The first-order chi connectivity index (χ1) is 15.0. The molecule has 2 aromatic carbocycles. The summed E-state index contributed by atoms with van der Waals surface area (Å²) in [6.45, 7) is 1.99. The maximum Gasteiger partial charge on any atom is 0.227 e. The Labute approximate surface area is 177 Å². The highest BCUT2D eigenvalue weighted by Crippen LogP contribution is 2.64. The summed E-state index contributed by atoms with van der Waals surface area (Å²) in [7, 11) is 0. The first kappa shape index (κ1) is 18.5. The van der Waals surface area contributed by atoms with E-state index in [4.69, 9.17) is 4.42 Å². The number of rotatable bonds is 4. The third-order valence-corrected chi connectivity index (χ3v) is 7.21. The first-order valence-corrected chi connectivity index (χ1v) is 10.6. The SMILES string of the molecule is CC(C(=O)Nc1ccc2ccoc2c1)C1[C@H]2CC(n3cnc4cc(F)c(F)cc43)C[C@@H]12. The molecule has 2 heterocycles. The second-order valence-corrected chi connectivity index (χ2v) is 8.89. The lowest BCUT2D eigenvalue weighted by molar-refractivity contribution is -0.120. The number of fused-ring (bicyclic) bond motifs is 3. The minimum atomic E-state index is -0.877. The number of carbonyl (C=O) groups is 1. The maximum atomic E-state index is 13.7. The highest BCUT2D eigenvalue weighted by atomic mass is 19.2. The Morgan fingerprint density at radius 1 is 1.16 bits per heavy atom. The topological polar surface area (TPSA) is 60.1 Å². The van der Waals surface area contributed by atoms with E-state index in [0.29, 0.717) is 28.8 Å². The molecule has 0 spiro atoms. The summed E-state index contributed by atoms with van der Waals surface area (Å²) < 4.78 is 34.6. The van der Waals surface area contributed by atoms with Crippen LogP contribution < -0.4 is 5.32 Å². The van der Waals surface area contributed by atoms with Crippen LogP contribution in [0.1, 0.15) is 25.8 Å². The van der Waals surface area contributed by atoms with Crippen molar-refractivity contribution in [3.8, 4) is 0 Å². The van der Waals surface area contributed by atoms with Crippen molar-refractivity contribution in [3.63, 3.8) is 0 Å². The van der Waals surface area contributed by atoms with Gasteiger partial charge < -0.3 is 14.3 Å². The molecule has 0 radical (unpaired) electrons. The van der Waals surface area contributed by atoms with Gasteiger partial charge in [0.25, 0.3) is 0 Å². The van der Waals surface area contributed by atoms with E-state index in [1.165, 1.54) is 6.07 Å². The van der Waals surface area contributed by atoms with Crippen LogP contribution in [0.2, 0.25) is 0 Å². The van der Waals surface area contributed by atoms with Gasteiger partial charge in [-0.1, -0.05) is 6.92 Å². The summed E-state index contributed by atoms with van der Waals surface area (Å²) >= 11 is 0. The first-order valence-electron chi connectivity index (χ1n) is 10.6. The van der Waals surface area contributed by atoms with E-state index in [1.54, 1.807) is 12.6 Å². The van der Waals surface area contributed by atoms with Crippen LogP contribution >= 0.6 is 0 Å². The van der Waals surface area contributed by atoms with E-state index >= 15 is 0 Å². The fourth-order valence-corrected chi connectivity index (χ4v) is 5.61. The molecular formula is C24H21F2N3O2. The van der Waals surface area contributed by atoms with E-state index in [-0.39, 0.29) is 17.9 Å². The summed E-state index contributed by atoms with van der Waals surface area (Å²) in [6, 6.07) is 10.1. The Morgan fingerprint density at radius 3 is 2.74 bits per heavy atom. The summed E-state index contributed by atoms with van der Waals surface area (Å²) in [5, 5.41) is 4.02. The molecule has 1 N–H and O–H groups in total. The average Bonchev–Trinajstić information content (AvgIpc) is 3.18. The van der Waals surface area contributed by atoms with E-state index < -0.39 is 11.6 Å². The van der Waals surface area contributed by atoms with Crippen LogP contribution in [0.25, 0.3) is 22.0 Å². The van der Waals surface area contributed by atoms with Gasteiger partial charge in [0.15, 0.2) is 11.6 Å². The van der Waals surface area contributed by atoms with Crippen LogP contribution in [0.15, 0.2) is 53.4 Å². The molecule has 2 aromatic heterocycles. The second-order valence-electron chi connectivity index (χ2n) is 8.89. The summed E-state index contributed by atoms with van der Waals surface area (Å²) in [6.07, 6.45) is 5.16. The number of nitrogens with one attached hydrogen (secondary N) is 1. The van der Waals surface area contributed by atoms with Gasteiger partial charge in [-0.25, -0.2) is 13.8 Å². The van der Waals surface area contributed by atoms with Crippen LogP contribution in [0.5, 0.6) is 0 Å². The third-order valence-electron chi connectivity index (χ3n) is 7.21. The van der Waals surface area contributed by atoms with E-state index in [0.717, 1.165) is 35.6 Å². The minimum Gasteiger partial charge on any atom is -0.464 e. The molecule has 7 heteroatoms. The smallest absolute Gasteiger partial charge is 0.227 e. The average molecular weight is 421 g/mol. The zero-order valence-electron chi connectivity index (χ0n) is 16.9. The molecule has 0 aliphatic heterocycles. The van der Waals surface area contributed by atoms with Crippen molar-refractivity contribution in [2.24, 2.45) is 23.7 Å². The fraction of sp³-hybridized carbons (Fsp3) is 0.333. The number of amides is 1. The lowest BCUT2D eigenvalue weighted by atomic mass is 9.96. The van der Waals surface area contributed by atoms with Crippen molar-refractivity contribution >= 4 is 33.6 Å². The van der Waals surface area contributed by atoms with E-state index in [2.05, 4.69) is 10.3 Å². The number of halogens is 2. The zero-order chi connectivity index (χ0) is 21.3. The normalized spacial score (nSPS) is 25.6. The molecular weight excluding hydrogens is 400 g/mol. The zero-order valence-corrected chi connectivity index (χ0v) is 16.9. The van der Waals surface area contributed by atoms with Crippen LogP contribution in [0.3, 0.4) is 0 Å². The van der Waals surface area contributed by atoms with Gasteiger partial charge in [0.05, 0.1) is 23.6 Å². The molecule has 5 atom stereocenters. The number of carbonyl (C=O) groups excluding carboxylic acids is 1. The quantitative estimate of drug-likeness (QED) is 0.471. The Kier molecular flexibility index (Phi) is 3.97. The number of imidazole rings is 1. The second kappa shape index (κ2) is 6.64. The molecule has 6 rings (SSSR count). The molecule has 31 heavy (non-hydrogen) atoms. The van der Waals surface area contributed by atoms with Gasteiger partial charge in [0, 0.05) is 41.2 Å². The van der Waals surface area contributed by atoms with E-state index in [9.17, 15) is 13.6 Å². The lowest BCUT2D eigenvalue weighted by Gasteiger charge is -2.20. The summed E-state index contributed by atoms with van der Waals surface area (Å²) in [4.78, 5) is 17.1. The molecule has 5 nitrogen and oxygen atoms in total. The molecule has 2 saturated carbocycles. The number of nitrogens with zero attached hydrogens (tertiary/aromatic N) is 2. The summed E-state index contributed by atoms with van der Waals surface area (Å²) in [5.74, 6) is -0.497. The molecule has 2 aliphatic rings. The predicted octanol–water partition coefficient (Wildman–Crippen LogP) is 5.53. The highest BCUT2D eigenvalue weighted by Gasteiger charge is 2.59. The lowest BCUT2D eigenvalue weighted by Crippen LogP contribution is -2.24. The number of hydrogen-bond donors (Lipinski definition) is 1. The third kappa shape index (κ3) is 2.94. The number of furan rings is 1. The summed E-state index contributed by atoms with van der Waals surface area (Å²) in [5.41, 5.74) is 2.58. The Bertz CT molecular complexity index is 1320. The van der Waals surface area contributed by atoms with Gasteiger partial charge in [-0.3, -0.25) is 4.79 Å². The monoisotopic (exact) mass is 421 g/mol. The largest absolute Gasteiger partial charge is 0.464 e. The van der Waals surface area contributed by atoms with E-state index in [1.807, 2.05) is 35.8 Å². The standard InChI is InChI=1S/C24H21F2N3O2/c1-12(24(30)28-14-3-2-13-4-5-31-22(13)6-14)23-16-7-15(8-17(16)23)29-11-27-20-9-18(25)19(26)10-21(20)29/h2-6,9-12,15-17,23H,7-8H2,1H3,(H,28,30)/t12?,15?,16-,17+,23?. The van der Waals surface area contributed by atoms with Gasteiger partial charge in [-0.05, 0) is 48.8 Å². The fourth-order valence-electron chi connectivity index (χ4n) is 5.61. The van der Waals surface area contributed by atoms with Crippen molar-refractivity contribution in [3.05, 3.63) is 60.6 Å². The van der Waals surface area contributed by atoms with Crippen LogP contribution in [-0.4, -0.2) is 15.5 Å². The van der Waals surface area contributed by atoms with Gasteiger partial charge >= 0.3 is 0 Å². The predicted molar refractivity (Wildman–Crippen MR) is 112 cm³/mol. The molecule has 1 amide bonds. The van der Waals surface area contributed by atoms with Crippen molar-refractivity contribution < 1.29 is 18.0 Å². The minimum absolute atomic E-state index is 0.0208. The van der Waals surface area contributed by atoms with Crippen molar-refractivity contribution in [1.29, 1.82) is 0 Å². The van der Waals surface area contributed by atoms with Gasteiger partial charge in [0.1, 0.15) is 5.58 Å². The van der Waals surface area contributed by atoms with Crippen molar-refractivity contribution in [2.45, 2.75) is 25.8 Å². The Morgan fingerprint density at radius 2 is 1.94 bits per heavy atom. The van der Waals surface area contributed by atoms with Crippen molar-refractivity contribution in [2.75, 3.05) is 5.32 Å². The number of hydrogen-bond acceptors (Lipinski definition) is 3. The molecule has 0 bridgehead atoms. The number of benzene rings is 2. The van der Waals surface area contributed by atoms with Crippen LogP contribution in [-0.2, 0) is 4.79 Å². The van der Waals surface area contributed by atoms with Gasteiger partial charge in [-0.15, -0.1) is 0 Å². The molecule has 2 aliphatic carbocycles. The Hall–Kier alpha value is -3.22. The molecule has 158 valence electrons. The highest BCUT2D eigenvalue weighted by molar-refractivity contribution is 5.94. The molecule has 3 unspecified atom stereocenters. The molecule has 0 saturated heterocycles. The van der Waals surface area contributed by atoms with Crippen LogP contribution in [0.4, 0.5) is 14.5 Å². The molecule has 4 aromatic rings. The van der Waals surface area contributed by atoms with Gasteiger partial charge in [-0.2, -0.15) is 0 Å². The number of anilines is 1. The molecule has 2 fully saturated rings.